The molecule has 3 rings (SSSR count). The molecule has 1 heterocycles. The third-order valence-corrected chi connectivity index (χ3v) is 3.75. The van der Waals surface area contributed by atoms with Gasteiger partial charge in [-0.1, -0.05) is 42.5 Å². The van der Waals surface area contributed by atoms with E-state index in [1.165, 1.54) is 5.56 Å². The first-order valence-corrected chi connectivity index (χ1v) is 8.39. The van der Waals surface area contributed by atoms with Crippen molar-refractivity contribution in [1.82, 2.24) is 9.97 Å². The molecule has 128 valence electrons. The Morgan fingerprint density at radius 1 is 1.00 bits per heavy atom. The fourth-order valence-electron chi connectivity index (χ4n) is 2.52. The van der Waals surface area contributed by atoms with Crippen LogP contribution in [0, 0.1) is 0 Å². The second-order valence-corrected chi connectivity index (χ2v) is 5.60. The topological polar surface area (TPSA) is 59.1 Å². The lowest BCUT2D eigenvalue weighted by molar-refractivity contribution is 0.342. The fraction of sp³-hybridized carbons (Fsp3) is 0.200. The maximum absolute atomic E-state index is 5.63. The molecule has 1 unspecified atom stereocenters. The van der Waals surface area contributed by atoms with Crippen molar-refractivity contribution in [2.45, 2.75) is 19.9 Å². The van der Waals surface area contributed by atoms with Crippen LogP contribution in [0.4, 0.5) is 17.5 Å². The number of nitrogens with one attached hydrogen (secondary N) is 2. The van der Waals surface area contributed by atoms with Gasteiger partial charge in [0.05, 0.1) is 12.3 Å². The highest BCUT2D eigenvalue weighted by Crippen LogP contribution is 2.26. The molecule has 0 aliphatic heterocycles. The van der Waals surface area contributed by atoms with Gasteiger partial charge in [0.2, 0.25) is 5.95 Å². The first kappa shape index (κ1) is 16.8. The zero-order valence-electron chi connectivity index (χ0n) is 14.4. The molecule has 1 aromatic heterocycles. The summed E-state index contributed by atoms with van der Waals surface area (Å²) in [5, 5.41) is 6.63. The minimum absolute atomic E-state index is 0.152. The smallest absolute Gasteiger partial charge is 0.229 e. The Morgan fingerprint density at radius 2 is 1.76 bits per heavy atom. The molecule has 0 saturated heterocycles. The number of anilines is 3. The fourth-order valence-corrected chi connectivity index (χ4v) is 2.52. The molecular weight excluding hydrogens is 312 g/mol. The summed E-state index contributed by atoms with van der Waals surface area (Å²) in [6.07, 6.45) is 1.73. The van der Waals surface area contributed by atoms with Crippen LogP contribution in [-0.4, -0.2) is 16.6 Å². The summed E-state index contributed by atoms with van der Waals surface area (Å²) >= 11 is 0. The maximum Gasteiger partial charge on any atom is 0.229 e. The second kappa shape index (κ2) is 8.15. The van der Waals surface area contributed by atoms with Crippen molar-refractivity contribution in [2.75, 3.05) is 17.2 Å². The predicted octanol–water partition coefficient (Wildman–Crippen LogP) is 4.79. The van der Waals surface area contributed by atoms with E-state index in [0.29, 0.717) is 12.6 Å². The van der Waals surface area contributed by atoms with E-state index < -0.39 is 0 Å². The number of aromatic nitrogens is 2. The molecule has 5 heteroatoms. The Labute approximate surface area is 148 Å². The molecule has 0 saturated carbocycles. The third kappa shape index (κ3) is 4.47. The molecule has 0 radical (unpaired) electrons. The summed E-state index contributed by atoms with van der Waals surface area (Å²) in [6.45, 7) is 4.67. The molecule has 3 aromatic rings. The Hall–Kier alpha value is -3.08. The van der Waals surface area contributed by atoms with Crippen molar-refractivity contribution in [3.8, 4) is 5.75 Å². The molecule has 0 aliphatic rings. The monoisotopic (exact) mass is 334 g/mol. The highest BCUT2D eigenvalue weighted by Gasteiger charge is 2.08. The first-order chi connectivity index (χ1) is 12.3. The molecule has 1 atom stereocenters. The maximum atomic E-state index is 5.63. The van der Waals surface area contributed by atoms with Crippen LogP contribution < -0.4 is 15.4 Å². The molecular formula is C20H22N4O. The van der Waals surface area contributed by atoms with Crippen LogP contribution in [0.5, 0.6) is 5.75 Å². The minimum atomic E-state index is 0.152. The van der Waals surface area contributed by atoms with Crippen LogP contribution in [0.1, 0.15) is 25.5 Å². The van der Waals surface area contributed by atoms with Crippen LogP contribution in [-0.2, 0) is 0 Å². The van der Waals surface area contributed by atoms with Gasteiger partial charge in [-0.2, -0.15) is 4.98 Å². The van der Waals surface area contributed by atoms with E-state index >= 15 is 0 Å². The van der Waals surface area contributed by atoms with Gasteiger partial charge in [0, 0.05) is 12.2 Å². The van der Waals surface area contributed by atoms with E-state index in [1.54, 1.807) is 6.20 Å². The zero-order valence-corrected chi connectivity index (χ0v) is 14.4. The van der Waals surface area contributed by atoms with Crippen LogP contribution in [0.2, 0.25) is 0 Å². The minimum Gasteiger partial charge on any atom is -0.492 e. The lowest BCUT2D eigenvalue weighted by atomic mass is 10.1. The number of hydrogen-bond donors (Lipinski definition) is 2. The molecule has 5 nitrogen and oxygen atoms in total. The average Bonchev–Trinajstić information content (AvgIpc) is 2.65. The standard InChI is InChI=1S/C20H22N4O/c1-3-25-18-12-8-7-11-17(18)23-20-21-14-13-19(24-20)22-15(2)16-9-5-4-6-10-16/h4-15H,3H2,1-2H3,(H2,21,22,23,24). The number of ether oxygens (including phenoxy) is 1. The van der Waals surface area contributed by atoms with Gasteiger partial charge in [-0.25, -0.2) is 4.98 Å². The van der Waals surface area contributed by atoms with E-state index in [-0.39, 0.29) is 6.04 Å². The van der Waals surface area contributed by atoms with Crippen LogP contribution in [0.25, 0.3) is 0 Å². The summed E-state index contributed by atoms with van der Waals surface area (Å²) in [6, 6.07) is 20.0. The second-order valence-electron chi connectivity index (χ2n) is 5.60. The van der Waals surface area contributed by atoms with Crippen molar-refractivity contribution in [3.05, 3.63) is 72.4 Å². The van der Waals surface area contributed by atoms with Crippen LogP contribution in [0.3, 0.4) is 0 Å². The van der Waals surface area contributed by atoms with E-state index in [1.807, 2.05) is 55.5 Å². The molecule has 2 N–H and O–H groups in total. The SMILES string of the molecule is CCOc1ccccc1Nc1nccc(NC(C)c2ccccc2)n1. The van der Waals surface area contributed by atoms with Crippen molar-refractivity contribution in [3.63, 3.8) is 0 Å². The summed E-state index contributed by atoms with van der Waals surface area (Å²) in [4.78, 5) is 8.84. The zero-order chi connectivity index (χ0) is 17.5. The molecule has 0 fully saturated rings. The molecule has 2 aromatic carbocycles. The molecule has 0 spiro atoms. The van der Waals surface area contributed by atoms with Crippen molar-refractivity contribution in [1.29, 1.82) is 0 Å². The highest BCUT2D eigenvalue weighted by molar-refractivity contribution is 5.63. The molecule has 0 aliphatic carbocycles. The third-order valence-electron chi connectivity index (χ3n) is 3.75. The average molecular weight is 334 g/mol. The Kier molecular flexibility index (Phi) is 5.46. The van der Waals surface area contributed by atoms with E-state index in [0.717, 1.165) is 17.3 Å². The summed E-state index contributed by atoms with van der Waals surface area (Å²) in [5.41, 5.74) is 2.05. The number of para-hydroxylation sites is 2. The summed E-state index contributed by atoms with van der Waals surface area (Å²) in [7, 11) is 0. The largest absolute Gasteiger partial charge is 0.492 e. The number of nitrogens with zero attached hydrogens (tertiary/aromatic N) is 2. The normalized spacial score (nSPS) is 11.6. The van der Waals surface area contributed by atoms with Crippen molar-refractivity contribution < 1.29 is 4.74 Å². The van der Waals surface area contributed by atoms with Crippen molar-refractivity contribution >= 4 is 17.5 Å². The first-order valence-electron chi connectivity index (χ1n) is 8.39. The molecule has 25 heavy (non-hydrogen) atoms. The van der Waals surface area contributed by atoms with E-state index in [9.17, 15) is 0 Å². The lowest BCUT2D eigenvalue weighted by Gasteiger charge is -2.16. The van der Waals surface area contributed by atoms with Gasteiger partial charge < -0.3 is 15.4 Å². The Balaban J connectivity index is 1.74. The van der Waals surface area contributed by atoms with Crippen LogP contribution >= 0.6 is 0 Å². The summed E-state index contributed by atoms with van der Waals surface area (Å²) in [5.74, 6) is 2.07. The van der Waals surface area contributed by atoms with E-state index in [2.05, 4.69) is 39.7 Å². The van der Waals surface area contributed by atoms with Gasteiger partial charge in [-0.3, -0.25) is 0 Å². The quantitative estimate of drug-likeness (QED) is 0.650. The van der Waals surface area contributed by atoms with Gasteiger partial charge in [0.1, 0.15) is 11.6 Å². The number of benzene rings is 2. The number of rotatable bonds is 7. The molecule has 0 bridgehead atoms. The van der Waals surface area contributed by atoms with Gasteiger partial charge >= 0.3 is 0 Å². The van der Waals surface area contributed by atoms with E-state index in [4.69, 9.17) is 4.74 Å². The lowest BCUT2D eigenvalue weighted by Crippen LogP contribution is -2.09. The predicted molar refractivity (Wildman–Crippen MR) is 101 cm³/mol. The summed E-state index contributed by atoms with van der Waals surface area (Å²) < 4.78 is 5.63. The van der Waals surface area contributed by atoms with Gasteiger partial charge in [0.15, 0.2) is 0 Å². The van der Waals surface area contributed by atoms with Gasteiger partial charge in [-0.05, 0) is 37.6 Å². The highest BCUT2D eigenvalue weighted by atomic mass is 16.5. The van der Waals surface area contributed by atoms with Crippen molar-refractivity contribution in [2.24, 2.45) is 0 Å². The van der Waals surface area contributed by atoms with Crippen LogP contribution in [0.15, 0.2) is 66.9 Å². The Morgan fingerprint density at radius 3 is 2.56 bits per heavy atom. The van der Waals surface area contributed by atoms with Gasteiger partial charge in [-0.15, -0.1) is 0 Å². The van der Waals surface area contributed by atoms with Gasteiger partial charge in [0.25, 0.3) is 0 Å². The molecule has 0 amide bonds. The Bertz CT molecular complexity index is 808. The number of hydrogen-bond acceptors (Lipinski definition) is 5.